The van der Waals surface area contributed by atoms with Crippen LogP contribution >= 0.6 is 11.3 Å². The monoisotopic (exact) mass is 545 g/mol. The molecule has 0 radical (unpaired) electrons. The topological polar surface area (TPSA) is 143 Å². The third-order valence-corrected chi connectivity index (χ3v) is 5.60. The normalized spacial score (nSPS) is 12.3. The summed E-state index contributed by atoms with van der Waals surface area (Å²) in [5.74, 6) is -3.26. The second-order valence-corrected chi connectivity index (χ2v) is 9.69. The maximum Gasteiger partial charge on any atom is 0.418 e. The molecule has 0 saturated heterocycles. The van der Waals surface area contributed by atoms with Gasteiger partial charge in [-0.25, -0.2) is 9.59 Å². The number of ether oxygens (including phenoxy) is 2. The molecule has 0 bridgehead atoms. The number of methoxy groups -OCH3 is 1. The fourth-order valence-electron chi connectivity index (χ4n) is 2.88. The molecular weight excluding hydrogens is 519 g/mol. The second-order valence-electron chi connectivity index (χ2n) is 8.64. The molecular formula is C23H26F3N3O7S. The van der Waals surface area contributed by atoms with E-state index in [9.17, 15) is 37.5 Å². The van der Waals surface area contributed by atoms with Crippen LogP contribution in [0.25, 0.3) is 0 Å². The number of hydrogen-bond donors (Lipinski definition) is 4. The van der Waals surface area contributed by atoms with Crippen molar-refractivity contribution in [2.24, 2.45) is 0 Å². The summed E-state index contributed by atoms with van der Waals surface area (Å²) >= 11 is 0.277. The van der Waals surface area contributed by atoms with Crippen molar-refractivity contribution < 1.29 is 46.9 Å². The van der Waals surface area contributed by atoms with E-state index in [1.807, 2.05) is 0 Å². The first kappa shape index (κ1) is 29.4. The Balaban J connectivity index is 2.20. The number of halogens is 3. The van der Waals surface area contributed by atoms with Crippen LogP contribution in [0.4, 0.5) is 18.0 Å². The summed E-state index contributed by atoms with van der Waals surface area (Å²) in [5, 5.41) is 16.2. The Hall–Kier alpha value is -3.81. The first-order valence-electron chi connectivity index (χ1n) is 10.7. The highest BCUT2D eigenvalue weighted by Gasteiger charge is 2.39. The molecule has 3 amide bonds. The van der Waals surface area contributed by atoms with E-state index in [0.717, 1.165) is 7.11 Å². The summed E-state index contributed by atoms with van der Waals surface area (Å²) in [6, 6.07) is 4.89. The van der Waals surface area contributed by atoms with Crippen LogP contribution in [0.2, 0.25) is 0 Å². The minimum Gasteiger partial charge on any atom is -0.508 e. The number of aromatic hydroxyl groups is 1. The molecule has 14 heteroatoms. The minimum atomic E-state index is -4.98. The molecule has 37 heavy (non-hydrogen) atoms. The fourth-order valence-corrected chi connectivity index (χ4v) is 3.87. The van der Waals surface area contributed by atoms with E-state index < -0.39 is 63.6 Å². The zero-order chi connectivity index (χ0) is 28.0. The highest BCUT2D eigenvalue weighted by atomic mass is 32.1. The average molecular weight is 546 g/mol. The number of esters is 1. The molecule has 4 N–H and O–H groups in total. The van der Waals surface area contributed by atoms with Gasteiger partial charge in [0, 0.05) is 6.54 Å². The summed E-state index contributed by atoms with van der Waals surface area (Å²) < 4.78 is 50.6. The molecule has 2 aromatic rings. The van der Waals surface area contributed by atoms with E-state index in [0.29, 0.717) is 11.6 Å². The SMILES string of the molecule is COC(=O)C(CNC(=O)OC(C)(C)C)NC(=O)c1sc(C(=O)NCc2cccc(O)c2)cc1C(F)(F)F. The molecule has 1 atom stereocenters. The van der Waals surface area contributed by atoms with Gasteiger partial charge in [-0.2, -0.15) is 13.2 Å². The zero-order valence-electron chi connectivity index (χ0n) is 20.3. The van der Waals surface area contributed by atoms with E-state index in [1.54, 1.807) is 26.8 Å². The lowest BCUT2D eigenvalue weighted by Crippen LogP contribution is -2.49. The summed E-state index contributed by atoms with van der Waals surface area (Å²) in [6.45, 7) is 4.17. The van der Waals surface area contributed by atoms with Gasteiger partial charge in [0.1, 0.15) is 22.3 Å². The molecule has 202 valence electrons. The Kier molecular flexibility index (Phi) is 9.50. The van der Waals surface area contributed by atoms with Gasteiger partial charge in [0.2, 0.25) is 0 Å². The number of alkyl carbamates (subject to hydrolysis) is 1. The Morgan fingerprint density at radius 1 is 1.05 bits per heavy atom. The maximum atomic E-state index is 13.7. The number of alkyl halides is 3. The highest BCUT2D eigenvalue weighted by molar-refractivity contribution is 7.16. The summed E-state index contributed by atoms with van der Waals surface area (Å²) in [6.07, 6.45) is -5.91. The quantitative estimate of drug-likeness (QED) is 0.373. The lowest BCUT2D eigenvalue weighted by atomic mass is 10.2. The molecule has 1 aromatic heterocycles. The predicted octanol–water partition coefficient (Wildman–Crippen LogP) is 3.20. The van der Waals surface area contributed by atoms with Crippen molar-refractivity contribution in [3.05, 3.63) is 51.2 Å². The number of hydrogen-bond acceptors (Lipinski definition) is 8. The number of rotatable bonds is 8. The number of benzene rings is 1. The largest absolute Gasteiger partial charge is 0.508 e. The molecule has 0 aliphatic rings. The van der Waals surface area contributed by atoms with Gasteiger partial charge < -0.3 is 30.5 Å². The zero-order valence-corrected chi connectivity index (χ0v) is 21.1. The molecule has 1 aromatic carbocycles. The van der Waals surface area contributed by atoms with Gasteiger partial charge in [0.05, 0.1) is 24.1 Å². The summed E-state index contributed by atoms with van der Waals surface area (Å²) in [7, 11) is 0.996. The first-order valence-corrected chi connectivity index (χ1v) is 11.5. The van der Waals surface area contributed by atoms with Crippen LogP contribution in [0.15, 0.2) is 30.3 Å². The third kappa shape index (κ3) is 8.97. The first-order chi connectivity index (χ1) is 17.1. The maximum absolute atomic E-state index is 13.7. The van der Waals surface area contributed by atoms with Gasteiger partial charge in [0.15, 0.2) is 0 Å². The number of carbonyl (C=O) groups excluding carboxylic acids is 4. The number of amides is 3. The highest BCUT2D eigenvalue weighted by Crippen LogP contribution is 2.37. The van der Waals surface area contributed by atoms with Crippen LogP contribution in [0, 0.1) is 0 Å². The van der Waals surface area contributed by atoms with Crippen LogP contribution < -0.4 is 16.0 Å². The molecule has 0 saturated carbocycles. The van der Waals surface area contributed by atoms with Crippen LogP contribution in [0.1, 0.15) is 51.2 Å². The van der Waals surface area contributed by atoms with Crippen molar-refractivity contribution in [3.63, 3.8) is 0 Å². The molecule has 1 unspecified atom stereocenters. The van der Waals surface area contributed by atoms with Crippen LogP contribution in [-0.2, 0) is 27.0 Å². The van der Waals surface area contributed by atoms with Gasteiger partial charge >= 0.3 is 18.2 Å². The molecule has 0 aliphatic heterocycles. The van der Waals surface area contributed by atoms with Crippen LogP contribution in [-0.4, -0.2) is 54.3 Å². The van der Waals surface area contributed by atoms with Gasteiger partial charge in [-0.1, -0.05) is 12.1 Å². The number of phenols is 1. The van der Waals surface area contributed by atoms with Crippen molar-refractivity contribution in [2.75, 3.05) is 13.7 Å². The summed E-state index contributed by atoms with van der Waals surface area (Å²) in [5.41, 5.74) is -1.73. The van der Waals surface area contributed by atoms with Gasteiger partial charge in [0.25, 0.3) is 11.8 Å². The fraction of sp³-hybridized carbons (Fsp3) is 0.391. The van der Waals surface area contributed by atoms with Crippen LogP contribution in [0.5, 0.6) is 5.75 Å². The standard InChI is InChI=1S/C23H26F3N3O7S/c1-22(2,3)36-21(34)28-11-15(20(33)35-4)29-19(32)17-14(23(24,25)26)9-16(37-17)18(31)27-10-12-6-5-7-13(30)8-12/h5-9,15,30H,10-11H2,1-4H3,(H,27,31)(H,28,34)(H,29,32). The lowest BCUT2D eigenvalue weighted by Gasteiger charge is -2.21. The van der Waals surface area contributed by atoms with E-state index in [4.69, 9.17) is 4.74 Å². The van der Waals surface area contributed by atoms with E-state index >= 15 is 0 Å². The van der Waals surface area contributed by atoms with E-state index in [2.05, 4.69) is 20.7 Å². The molecule has 1 heterocycles. The Bertz CT molecular complexity index is 1160. The van der Waals surface area contributed by atoms with Crippen molar-refractivity contribution in [1.82, 2.24) is 16.0 Å². The van der Waals surface area contributed by atoms with Crippen molar-refractivity contribution >= 4 is 35.2 Å². The van der Waals surface area contributed by atoms with Crippen molar-refractivity contribution in [2.45, 2.75) is 45.1 Å². The summed E-state index contributed by atoms with van der Waals surface area (Å²) in [4.78, 5) is 47.9. The Labute approximate surface area is 214 Å². The number of nitrogens with one attached hydrogen (secondary N) is 3. The predicted molar refractivity (Wildman–Crippen MR) is 126 cm³/mol. The number of thiophene rings is 1. The van der Waals surface area contributed by atoms with Gasteiger partial charge in [-0.05, 0) is 44.5 Å². The molecule has 0 aliphatic carbocycles. The van der Waals surface area contributed by atoms with E-state index in [1.165, 1.54) is 18.2 Å². The Morgan fingerprint density at radius 3 is 2.30 bits per heavy atom. The van der Waals surface area contributed by atoms with Gasteiger partial charge in [-0.15, -0.1) is 11.3 Å². The van der Waals surface area contributed by atoms with Crippen LogP contribution in [0.3, 0.4) is 0 Å². The third-order valence-electron chi connectivity index (χ3n) is 4.47. The van der Waals surface area contributed by atoms with Crippen molar-refractivity contribution in [1.29, 1.82) is 0 Å². The van der Waals surface area contributed by atoms with Crippen molar-refractivity contribution in [3.8, 4) is 5.75 Å². The second kappa shape index (κ2) is 12.0. The lowest BCUT2D eigenvalue weighted by molar-refractivity contribution is -0.142. The molecule has 0 fully saturated rings. The number of carbonyl (C=O) groups is 4. The molecule has 2 rings (SSSR count). The smallest absolute Gasteiger partial charge is 0.418 e. The molecule has 0 spiro atoms. The van der Waals surface area contributed by atoms with E-state index in [-0.39, 0.29) is 23.6 Å². The average Bonchev–Trinajstić information content (AvgIpc) is 3.25. The minimum absolute atomic E-state index is 0.0532. The van der Waals surface area contributed by atoms with Gasteiger partial charge in [-0.3, -0.25) is 9.59 Å². The molecule has 10 nitrogen and oxygen atoms in total. The Morgan fingerprint density at radius 2 is 1.73 bits per heavy atom. The number of phenolic OH excluding ortho intramolecular Hbond substituents is 1.